The largest absolute Gasteiger partial charge is 0.497 e. The Kier molecular flexibility index (Phi) is 8.03. The predicted octanol–water partition coefficient (Wildman–Crippen LogP) is 5.66. The van der Waals surface area contributed by atoms with Crippen molar-refractivity contribution in [1.29, 1.82) is 0 Å². The summed E-state index contributed by atoms with van der Waals surface area (Å²) in [5.41, 5.74) is -1.98. The van der Waals surface area contributed by atoms with E-state index in [0.29, 0.717) is 15.8 Å². The Bertz CT molecular complexity index is 1650. The van der Waals surface area contributed by atoms with Crippen LogP contribution < -0.4 is 10.1 Å². The molecule has 0 fully saturated rings. The van der Waals surface area contributed by atoms with Crippen molar-refractivity contribution in [3.63, 3.8) is 0 Å². The molecule has 210 valence electrons. The fourth-order valence-electron chi connectivity index (χ4n) is 3.77. The molecule has 0 spiro atoms. The van der Waals surface area contributed by atoms with Crippen LogP contribution in [0.5, 0.6) is 5.75 Å². The van der Waals surface area contributed by atoms with Gasteiger partial charge in [-0.15, -0.1) is 11.3 Å². The molecule has 0 saturated heterocycles. The van der Waals surface area contributed by atoms with E-state index in [1.807, 2.05) is 0 Å². The van der Waals surface area contributed by atoms with Crippen LogP contribution in [0.25, 0.3) is 16.9 Å². The lowest BCUT2D eigenvalue weighted by Crippen LogP contribution is -2.16. The van der Waals surface area contributed by atoms with Gasteiger partial charge in [0.15, 0.2) is 17.0 Å². The molecule has 1 N–H and O–H groups in total. The predicted molar refractivity (Wildman–Crippen MR) is 139 cm³/mol. The molecule has 4 aromatic rings. The first-order valence-corrected chi connectivity index (χ1v) is 12.6. The minimum Gasteiger partial charge on any atom is -0.497 e. The van der Waals surface area contributed by atoms with Crippen LogP contribution in [0.1, 0.15) is 48.7 Å². The van der Waals surface area contributed by atoms with Crippen LogP contribution in [-0.2, 0) is 15.7 Å². The van der Waals surface area contributed by atoms with E-state index in [-0.39, 0.29) is 33.3 Å². The zero-order valence-corrected chi connectivity index (χ0v) is 22.9. The molecule has 1 aromatic carbocycles. The second-order valence-corrected chi connectivity index (χ2v) is 9.48. The molecule has 0 saturated carbocycles. The van der Waals surface area contributed by atoms with Gasteiger partial charge in [0.05, 0.1) is 32.1 Å². The van der Waals surface area contributed by atoms with Gasteiger partial charge in [-0.1, -0.05) is 23.7 Å². The van der Waals surface area contributed by atoms with Crippen molar-refractivity contribution >= 4 is 51.4 Å². The molecule has 0 atom stereocenters. The first kappa shape index (κ1) is 28.8. The van der Waals surface area contributed by atoms with Gasteiger partial charge in [-0.25, -0.2) is 19.1 Å². The van der Waals surface area contributed by atoms with Crippen LogP contribution in [0.15, 0.2) is 30.3 Å². The highest BCUT2D eigenvalue weighted by Crippen LogP contribution is 2.37. The van der Waals surface area contributed by atoms with Crippen LogP contribution in [0.2, 0.25) is 5.02 Å². The second-order valence-electron chi connectivity index (χ2n) is 8.08. The van der Waals surface area contributed by atoms with Crippen molar-refractivity contribution in [2.45, 2.75) is 20.0 Å². The fraction of sp³-hybridized carbons (Fsp3) is 0.240. The van der Waals surface area contributed by atoms with Gasteiger partial charge in [-0.2, -0.15) is 18.3 Å². The molecule has 1 amide bonds. The quantitative estimate of drug-likeness (QED) is 0.271. The van der Waals surface area contributed by atoms with Crippen molar-refractivity contribution in [1.82, 2.24) is 14.6 Å². The SMILES string of the molecule is CCOC(=O)c1sc(NC(=O)c2nn3c(C(F)(F)F)cc(-c4cccc(OC)c4)nc3c2Cl)c(C(=O)OC)c1C. The number of ether oxygens (including phenoxy) is 3. The Balaban J connectivity index is 1.83. The van der Waals surface area contributed by atoms with E-state index in [0.717, 1.165) is 24.5 Å². The Hall–Kier alpha value is -4.17. The van der Waals surface area contributed by atoms with Crippen molar-refractivity contribution in [2.24, 2.45) is 0 Å². The first-order chi connectivity index (χ1) is 18.9. The third-order valence-electron chi connectivity index (χ3n) is 5.63. The molecule has 15 heteroatoms. The number of methoxy groups -OCH3 is 2. The van der Waals surface area contributed by atoms with Crippen molar-refractivity contribution in [2.75, 3.05) is 26.1 Å². The second kappa shape index (κ2) is 11.1. The number of halogens is 4. The summed E-state index contributed by atoms with van der Waals surface area (Å²) in [6.45, 7) is 3.12. The molecule has 10 nitrogen and oxygen atoms in total. The number of esters is 2. The Morgan fingerprint density at radius 1 is 1.15 bits per heavy atom. The van der Waals surface area contributed by atoms with Gasteiger partial charge < -0.3 is 19.5 Å². The van der Waals surface area contributed by atoms with E-state index < -0.39 is 46.1 Å². The number of carbonyl (C=O) groups excluding carboxylic acids is 3. The van der Waals surface area contributed by atoms with E-state index in [2.05, 4.69) is 15.4 Å². The minimum absolute atomic E-state index is 0.0302. The Morgan fingerprint density at radius 3 is 2.50 bits per heavy atom. The topological polar surface area (TPSA) is 121 Å². The van der Waals surface area contributed by atoms with Crippen LogP contribution in [0, 0.1) is 6.92 Å². The molecule has 0 unspecified atom stereocenters. The fourth-order valence-corrected chi connectivity index (χ4v) is 5.10. The van der Waals surface area contributed by atoms with E-state index >= 15 is 0 Å². The van der Waals surface area contributed by atoms with E-state index in [9.17, 15) is 27.6 Å². The monoisotopic (exact) mass is 596 g/mol. The smallest absolute Gasteiger partial charge is 0.433 e. The number of anilines is 1. The summed E-state index contributed by atoms with van der Waals surface area (Å²) in [5.74, 6) is -2.24. The molecular weight excluding hydrogens is 577 g/mol. The number of benzene rings is 1. The summed E-state index contributed by atoms with van der Waals surface area (Å²) >= 11 is 7.09. The van der Waals surface area contributed by atoms with E-state index in [1.165, 1.54) is 26.2 Å². The molecular formula is C25H20ClF3N4O6S. The van der Waals surface area contributed by atoms with Crippen molar-refractivity contribution in [3.05, 3.63) is 62.7 Å². The molecule has 0 bridgehead atoms. The van der Waals surface area contributed by atoms with Gasteiger partial charge in [0.25, 0.3) is 5.91 Å². The normalized spacial score (nSPS) is 11.4. The lowest BCUT2D eigenvalue weighted by atomic mass is 10.1. The summed E-state index contributed by atoms with van der Waals surface area (Å²) in [6, 6.07) is 7.00. The number of fused-ring (bicyclic) bond motifs is 1. The molecule has 0 aliphatic heterocycles. The van der Waals surface area contributed by atoms with Gasteiger partial charge in [-0.05, 0) is 37.6 Å². The summed E-state index contributed by atoms with van der Waals surface area (Å²) in [5, 5.41) is 5.63. The maximum Gasteiger partial charge on any atom is 0.433 e. The highest BCUT2D eigenvalue weighted by atomic mass is 35.5. The third-order valence-corrected chi connectivity index (χ3v) is 7.16. The standard InChI is InChI=1S/C25H20ClF3N4O6S/c1-5-39-24(36)19-11(2)16(23(35)38-4)22(40-19)31-21(34)18-17(26)20-30-14(12-7-6-8-13(9-12)37-3)10-15(25(27,28)29)33(20)32-18/h6-10H,5H2,1-4H3,(H,31,34). The van der Waals surface area contributed by atoms with Crippen LogP contribution >= 0.6 is 22.9 Å². The molecule has 0 aliphatic rings. The minimum atomic E-state index is -4.89. The number of carbonyl (C=O) groups is 3. The van der Waals surface area contributed by atoms with Crippen molar-refractivity contribution < 1.29 is 41.8 Å². The summed E-state index contributed by atoms with van der Waals surface area (Å²) in [4.78, 5) is 42.3. The number of amides is 1. The lowest BCUT2D eigenvalue weighted by molar-refractivity contribution is -0.142. The maximum absolute atomic E-state index is 14.1. The molecule has 4 rings (SSSR count). The summed E-state index contributed by atoms with van der Waals surface area (Å²) in [7, 11) is 2.52. The van der Waals surface area contributed by atoms with Crippen molar-refractivity contribution in [3.8, 4) is 17.0 Å². The van der Waals surface area contributed by atoms with Crippen LogP contribution in [0.4, 0.5) is 18.2 Å². The van der Waals surface area contributed by atoms with E-state index in [4.69, 9.17) is 25.8 Å². The molecule has 0 radical (unpaired) electrons. The maximum atomic E-state index is 14.1. The summed E-state index contributed by atoms with van der Waals surface area (Å²) < 4.78 is 57.5. The molecule has 3 heterocycles. The zero-order chi connectivity index (χ0) is 29.4. The van der Waals surface area contributed by atoms with Gasteiger partial charge in [-0.3, -0.25) is 4.79 Å². The summed E-state index contributed by atoms with van der Waals surface area (Å²) in [6.07, 6.45) is -4.89. The number of thiophene rings is 1. The number of nitrogens with zero attached hydrogens (tertiary/aromatic N) is 3. The van der Waals surface area contributed by atoms with Gasteiger partial charge in [0.1, 0.15) is 20.7 Å². The van der Waals surface area contributed by atoms with Gasteiger partial charge in [0, 0.05) is 5.56 Å². The molecule has 3 aromatic heterocycles. The number of hydrogen-bond acceptors (Lipinski definition) is 9. The number of nitrogens with one attached hydrogen (secondary N) is 1. The average molecular weight is 597 g/mol. The third kappa shape index (κ3) is 5.31. The van der Waals surface area contributed by atoms with Gasteiger partial charge >= 0.3 is 18.1 Å². The average Bonchev–Trinajstić information content (AvgIpc) is 3.43. The first-order valence-electron chi connectivity index (χ1n) is 11.4. The Labute approximate surface area is 233 Å². The van der Waals surface area contributed by atoms with Crippen LogP contribution in [0.3, 0.4) is 0 Å². The molecule has 0 aliphatic carbocycles. The highest BCUT2D eigenvalue weighted by Gasteiger charge is 2.37. The number of rotatable bonds is 7. The lowest BCUT2D eigenvalue weighted by Gasteiger charge is -2.11. The zero-order valence-electron chi connectivity index (χ0n) is 21.3. The van der Waals surface area contributed by atoms with Crippen LogP contribution in [-0.4, -0.2) is 53.3 Å². The number of aromatic nitrogens is 3. The van der Waals surface area contributed by atoms with Gasteiger partial charge in [0.2, 0.25) is 0 Å². The Morgan fingerprint density at radius 2 is 1.88 bits per heavy atom. The molecule has 40 heavy (non-hydrogen) atoms. The number of hydrogen-bond donors (Lipinski definition) is 1. The highest BCUT2D eigenvalue weighted by molar-refractivity contribution is 7.18. The van der Waals surface area contributed by atoms with E-state index in [1.54, 1.807) is 19.1 Å². The number of alkyl halides is 3.